The van der Waals surface area contributed by atoms with Gasteiger partial charge in [-0.2, -0.15) is 0 Å². The van der Waals surface area contributed by atoms with Crippen molar-refractivity contribution in [3.63, 3.8) is 0 Å². The average molecular weight is 611 g/mol. The molecule has 0 atom stereocenters. The molecular weight excluding hydrogens is 567 g/mol. The summed E-state index contributed by atoms with van der Waals surface area (Å²) in [6, 6.07) is 44.1. The van der Waals surface area contributed by atoms with E-state index in [1.807, 2.05) is 0 Å². The molecule has 5 aromatic rings. The first kappa shape index (κ1) is 27.8. The molecule has 2 aliphatic heterocycles. The highest BCUT2D eigenvalue weighted by Crippen LogP contribution is 2.61. The molecule has 11 rings (SSSR count). The summed E-state index contributed by atoms with van der Waals surface area (Å²) in [5, 5.41) is 0. The zero-order chi connectivity index (χ0) is 31.5. The Morgan fingerprint density at radius 2 is 1.06 bits per heavy atom. The lowest BCUT2D eigenvalue weighted by Gasteiger charge is -2.57. The summed E-state index contributed by atoms with van der Waals surface area (Å²) in [7, 11) is 0. The van der Waals surface area contributed by atoms with Crippen LogP contribution >= 0.6 is 0 Å². The highest BCUT2D eigenvalue weighted by Gasteiger charge is 2.52. The second-order valence-electron chi connectivity index (χ2n) is 16.5. The van der Waals surface area contributed by atoms with Gasteiger partial charge in [0.15, 0.2) is 0 Å². The molecule has 4 aliphatic carbocycles. The summed E-state index contributed by atoms with van der Waals surface area (Å²) < 4.78 is 0. The van der Waals surface area contributed by atoms with Crippen LogP contribution in [0.5, 0.6) is 0 Å². The molecule has 0 aromatic heterocycles. The van der Waals surface area contributed by atoms with E-state index >= 15 is 0 Å². The maximum Gasteiger partial charge on any atom is 0.252 e. The number of anilines is 6. The summed E-state index contributed by atoms with van der Waals surface area (Å²) in [6.45, 7) is 7.25. The summed E-state index contributed by atoms with van der Waals surface area (Å²) in [5.74, 6) is 2.78. The second kappa shape index (κ2) is 9.89. The standard InChI is InChI=1S/C44H43BN2/c1-43(2,3)33-24-40-42-41(25-33)47(35-14-8-5-9-15-35)39-23-32(44-26-29-20-30(27-44)22-31(21-29)28-44)18-19-37(39)45(42)36-16-10-11-17-38(36)46(40)34-12-6-4-7-13-34/h4-19,23-25,29-31H,20-22,26-28H2,1-3H3. The van der Waals surface area contributed by atoms with Gasteiger partial charge in [-0.15, -0.1) is 0 Å². The monoisotopic (exact) mass is 610 g/mol. The van der Waals surface area contributed by atoms with Crippen LogP contribution in [0.4, 0.5) is 34.1 Å². The molecule has 2 heterocycles. The van der Waals surface area contributed by atoms with Crippen molar-refractivity contribution in [2.24, 2.45) is 17.8 Å². The fourth-order valence-electron chi connectivity index (χ4n) is 10.9. The van der Waals surface area contributed by atoms with Gasteiger partial charge in [-0.3, -0.25) is 0 Å². The van der Waals surface area contributed by atoms with Gasteiger partial charge >= 0.3 is 0 Å². The fraction of sp³-hybridized carbons (Fsp3) is 0.318. The Bertz CT molecular complexity index is 1990. The molecule has 2 nitrogen and oxygen atoms in total. The van der Waals surface area contributed by atoms with Gasteiger partial charge < -0.3 is 9.80 Å². The normalized spacial score (nSPS) is 25.0. The smallest absolute Gasteiger partial charge is 0.252 e. The van der Waals surface area contributed by atoms with E-state index in [0.29, 0.717) is 5.41 Å². The minimum atomic E-state index is -0.00989. The van der Waals surface area contributed by atoms with E-state index in [1.54, 1.807) is 5.56 Å². The van der Waals surface area contributed by atoms with Crippen molar-refractivity contribution < 1.29 is 0 Å². The number of fused-ring (bicyclic) bond motifs is 4. The van der Waals surface area contributed by atoms with Crippen LogP contribution in [-0.4, -0.2) is 6.71 Å². The molecule has 4 bridgehead atoms. The third-order valence-electron chi connectivity index (χ3n) is 12.5. The summed E-state index contributed by atoms with van der Waals surface area (Å²) in [5.41, 5.74) is 15.3. The van der Waals surface area contributed by atoms with Crippen LogP contribution in [-0.2, 0) is 10.8 Å². The maximum atomic E-state index is 2.66. The lowest BCUT2D eigenvalue weighted by Crippen LogP contribution is -2.61. The summed E-state index contributed by atoms with van der Waals surface area (Å²) in [6.07, 6.45) is 8.58. The van der Waals surface area contributed by atoms with Crippen LogP contribution in [0, 0.1) is 17.8 Å². The number of nitrogens with zero attached hydrogens (tertiary/aromatic N) is 2. The Kier molecular flexibility index (Phi) is 5.86. The minimum absolute atomic E-state index is 0.00989. The first-order chi connectivity index (χ1) is 22.9. The van der Waals surface area contributed by atoms with E-state index in [2.05, 4.69) is 146 Å². The molecule has 0 unspecified atom stereocenters. The third-order valence-corrected chi connectivity index (χ3v) is 12.5. The van der Waals surface area contributed by atoms with Crippen molar-refractivity contribution in [1.29, 1.82) is 0 Å². The predicted octanol–water partition coefficient (Wildman–Crippen LogP) is 9.53. The summed E-state index contributed by atoms with van der Waals surface area (Å²) in [4.78, 5) is 5.15. The van der Waals surface area contributed by atoms with E-state index in [0.717, 1.165) is 17.8 Å². The van der Waals surface area contributed by atoms with Gasteiger partial charge in [-0.05, 0) is 143 Å². The Morgan fingerprint density at radius 3 is 1.64 bits per heavy atom. The largest absolute Gasteiger partial charge is 0.311 e. The van der Waals surface area contributed by atoms with E-state index in [9.17, 15) is 0 Å². The molecule has 0 N–H and O–H groups in total. The number of para-hydroxylation sites is 3. The SMILES string of the molecule is CC(C)(C)c1cc2c3c(c1)N(c1ccccc1)c1cc(C45CC6CC(CC(C6)C4)C5)ccc1B3c1ccccc1N2c1ccccc1. The van der Waals surface area contributed by atoms with Gasteiger partial charge in [-0.1, -0.05) is 87.5 Å². The van der Waals surface area contributed by atoms with Gasteiger partial charge in [0.2, 0.25) is 0 Å². The van der Waals surface area contributed by atoms with Gasteiger partial charge in [0.1, 0.15) is 0 Å². The van der Waals surface area contributed by atoms with Crippen molar-refractivity contribution in [3.05, 3.63) is 126 Å². The molecule has 4 fully saturated rings. The van der Waals surface area contributed by atoms with Crippen molar-refractivity contribution >= 4 is 57.2 Å². The van der Waals surface area contributed by atoms with Gasteiger partial charge in [0.25, 0.3) is 6.71 Å². The molecule has 0 saturated heterocycles. The molecular formula is C44H43BN2. The Balaban J connectivity index is 1.27. The first-order valence-electron chi connectivity index (χ1n) is 18.0. The van der Waals surface area contributed by atoms with Crippen molar-refractivity contribution in [1.82, 2.24) is 0 Å². The summed E-state index contributed by atoms with van der Waals surface area (Å²) >= 11 is 0. The van der Waals surface area contributed by atoms with Crippen LogP contribution < -0.4 is 26.2 Å². The predicted molar refractivity (Wildman–Crippen MR) is 199 cm³/mol. The second-order valence-corrected chi connectivity index (χ2v) is 16.5. The van der Waals surface area contributed by atoms with Gasteiger partial charge in [-0.25, -0.2) is 0 Å². The molecule has 3 heteroatoms. The van der Waals surface area contributed by atoms with Gasteiger partial charge in [0.05, 0.1) is 0 Å². The van der Waals surface area contributed by atoms with E-state index < -0.39 is 0 Å². The zero-order valence-corrected chi connectivity index (χ0v) is 27.9. The average Bonchev–Trinajstić information content (AvgIpc) is 3.07. The van der Waals surface area contributed by atoms with Crippen LogP contribution in [0.2, 0.25) is 0 Å². The number of hydrogen-bond acceptors (Lipinski definition) is 2. The van der Waals surface area contributed by atoms with Crippen molar-refractivity contribution in [2.45, 2.75) is 70.1 Å². The third kappa shape index (κ3) is 4.11. The van der Waals surface area contributed by atoms with E-state index in [4.69, 9.17) is 0 Å². The number of benzene rings is 5. The molecule has 0 radical (unpaired) electrons. The van der Waals surface area contributed by atoms with Crippen LogP contribution in [0.3, 0.4) is 0 Å². The molecule has 0 spiro atoms. The Labute approximate surface area is 280 Å². The van der Waals surface area contributed by atoms with Crippen LogP contribution in [0.1, 0.15) is 70.4 Å². The van der Waals surface area contributed by atoms with Gasteiger partial charge in [0, 0.05) is 34.1 Å². The lowest BCUT2D eigenvalue weighted by atomic mass is 9.33. The van der Waals surface area contributed by atoms with Crippen LogP contribution in [0.25, 0.3) is 0 Å². The fourth-order valence-corrected chi connectivity index (χ4v) is 10.9. The molecule has 6 aliphatic rings. The topological polar surface area (TPSA) is 6.48 Å². The quantitative estimate of drug-likeness (QED) is 0.184. The highest BCUT2D eigenvalue weighted by molar-refractivity contribution is 7.00. The molecule has 4 saturated carbocycles. The van der Waals surface area contributed by atoms with Crippen molar-refractivity contribution in [3.8, 4) is 0 Å². The Hall–Kier alpha value is -4.24. The maximum absolute atomic E-state index is 2.66. The lowest BCUT2D eigenvalue weighted by molar-refractivity contribution is -0.00516. The highest BCUT2D eigenvalue weighted by atomic mass is 15.2. The molecule has 5 aromatic carbocycles. The number of hydrogen-bond donors (Lipinski definition) is 0. The minimum Gasteiger partial charge on any atom is -0.311 e. The van der Waals surface area contributed by atoms with E-state index in [1.165, 1.54) is 94.6 Å². The number of rotatable bonds is 3. The first-order valence-corrected chi connectivity index (χ1v) is 18.0. The van der Waals surface area contributed by atoms with E-state index in [-0.39, 0.29) is 12.1 Å². The van der Waals surface area contributed by atoms with Crippen molar-refractivity contribution in [2.75, 3.05) is 9.80 Å². The Morgan fingerprint density at radius 1 is 0.553 bits per heavy atom. The zero-order valence-electron chi connectivity index (χ0n) is 27.9. The van der Waals surface area contributed by atoms with Crippen LogP contribution in [0.15, 0.2) is 115 Å². The molecule has 0 amide bonds. The molecule has 232 valence electrons. The molecule has 47 heavy (non-hydrogen) atoms.